The van der Waals surface area contributed by atoms with Crippen molar-refractivity contribution in [3.63, 3.8) is 0 Å². The number of rotatable bonds is 5. The topological polar surface area (TPSA) is 46.3 Å². The van der Waals surface area contributed by atoms with Crippen molar-refractivity contribution in [1.29, 1.82) is 0 Å². The van der Waals surface area contributed by atoms with Crippen LogP contribution >= 0.6 is 0 Å². The molecule has 0 amide bonds. The molecule has 1 atom stereocenters. The second kappa shape index (κ2) is 14.7. The lowest BCUT2D eigenvalue weighted by molar-refractivity contribution is -0.112. The van der Waals surface area contributed by atoms with Crippen molar-refractivity contribution in [2.24, 2.45) is 11.7 Å². The van der Waals surface area contributed by atoms with Crippen LogP contribution in [0.25, 0.3) is 0 Å². The number of hydrogen-bond donors (Lipinski definition) is 1. The number of likely N-dealkylation sites (tertiary alicyclic amines) is 1. The first kappa shape index (κ1) is 19.9. The Kier molecular flexibility index (Phi) is 16.2. The molecule has 0 saturated carbocycles. The van der Waals surface area contributed by atoms with Gasteiger partial charge in [0.1, 0.15) is 6.29 Å². The van der Waals surface area contributed by atoms with Crippen molar-refractivity contribution in [2.75, 3.05) is 20.1 Å². The van der Waals surface area contributed by atoms with Crippen LogP contribution in [0.1, 0.15) is 59.8 Å². The van der Waals surface area contributed by atoms with Crippen LogP contribution in [0.3, 0.4) is 0 Å². The molecule has 0 aromatic carbocycles. The van der Waals surface area contributed by atoms with E-state index in [1.54, 1.807) is 0 Å². The van der Waals surface area contributed by atoms with Crippen LogP contribution in [0, 0.1) is 5.92 Å². The van der Waals surface area contributed by atoms with Gasteiger partial charge in [-0.3, -0.25) is 0 Å². The fourth-order valence-corrected chi connectivity index (χ4v) is 2.40. The summed E-state index contributed by atoms with van der Waals surface area (Å²) >= 11 is 0. The Hall–Kier alpha value is -0.410. The van der Waals surface area contributed by atoms with E-state index in [-0.39, 0.29) is 0 Å². The number of aldehydes is 1. The molecule has 1 heterocycles. The average Bonchev–Trinajstić information content (AvgIpc) is 2.49. The number of nitrogens with two attached hydrogens (primary N) is 1. The second-order valence-corrected chi connectivity index (χ2v) is 4.36. The summed E-state index contributed by atoms with van der Waals surface area (Å²) in [6.45, 7) is 10.8. The number of carbonyl (C=O) groups excluding carboxylic acids is 1. The predicted molar refractivity (Wildman–Crippen MR) is 80.8 cm³/mol. The quantitative estimate of drug-likeness (QED) is 0.771. The van der Waals surface area contributed by atoms with E-state index in [2.05, 4.69) is 24.5 Å². The summed E-state index contributed by atoms with van der Waals surface area (Å²) < 4.78 is 0. The smallest absolute Gasteiger partial charge is 0.123 e. The van der Waals surface area contributed by atoms with Crippen molar-refractivity contribution in [3.8, 4) is 0 Å². The number of nitrogens with zero attached hydrogens (tertiary/aromatic N) is 1. The molecule has 3 heteroatoms. The van der Waals surface area contributed by atoms with E-state index in [9.17, 15) is 4.79 Å². The summed E-state index contributed by atoms with van der Waals surface area (Å²) in [4.78, 5) is 13.2. The molecular formula is C15H34N2O. The van der Waals surface area contributed by atoms with Crippen LogP contribution in [-0.2, 0) is 4.79 Å². The third kappa shape index (κ3) is 7.83. The van der Waals surface area contributed by atoms with Crippen LogP contribution in [0.5, 0.6) is 0 Å². The third-order valence-corrected chi connectivity index (χ3v) is 3.38. The largest absolute Gasteiger partial charge is 0.333 e. The molecule has 0 aromatic rings. The molecule has 3 nitrogen and oxygen atoms in total. The second-order valence-electron chi connectivity index (χ2n) is 4.36. The van der Waals surface area contributed by atoms with Crippen molar-refractivity contribution >= 4 is 6.29 Å². The maximum Gasteiger partial charge on any atom is 0.123 e. The van der Waals surface area contributed by atoms with Crippen molar-refractivity contribution in [3.05, 3.63) is 0 Å². The van der Waals surface area contributed by atoms with Gasteiger partial charge in [-0.1, -0.05) is 34.1 Å². The monoisotopic (exact) mass is 258 g/mol. The minimum atomic E-state index is 0.338. The number of hydrogen-bond acceptors (Lipinski definition) is 3. The molecule has 2 N–H and O–H groups in total. The van der Waals surface area contributed by atoms with Gasteiger partial charge < -0.3 is 15.4 Å². The lowest BCUT2D eigenvalue weighted by Gasteiger charge is -2.35. The number of carbonyl (C=O) groups is 1. The molecule has 0 aliphatic carbocycles. The van der Waals surface area contributed by atoms with Gasteiger partial charge in [0.25, 0.3) is 0 Å². The Bertz CT molecular complexity index is 166. The zero-order valence-corrected chi connectivity index (χ0v) is 13.1. The first-order valence-electron chi connectivity index (χ1n) is 7.58. The highest BCUT2D eigenvalue weighted by Crippen LogP contribution is 2.20. The van der Waals surface area contributed by atoms with Gasteiger partial charge in [-0.25, -0.2) is 0 Å². The Labute approximate surface area is 114 Å². The molecule has 0 bridgehead atoms. The van der Waals surface area contributed by atoms with E-state index < -0.39 is 0 Å². The van der Waals surface area contributed by atoms with Gasteiger partial charge >= 0.3 is 0 Å². The van der Waals surface area contributed by atoms with E-state index in [4.69, 9.17) is 0 Å². The molecule has 18 heavy (non-hydrogen) atoms. The normalized spacial score (nSPS) is 17.9. The Balaban J connectivity index is 0. The molecule has 0 spiro atoms. The molecule has 0 aromatic heterocycles. The summed E-state index contributed by atoms with van der Waals surface area (Å²) in [5.41, 5.74) is 4.50. The summed E-state index contributed by atoms with van der Waals surface area (Å²) in [5.74, 6) is 0.338. The highest BCUT2D eigenvalue weighted by Gasteiger charge is 2.22. The predicted octanol–water partition coefficient (Wildman–Crippen LogP) is 3.08. The van der Waals surface area contributed by atoms with Crippen LogP contribution in [-0.4, -0.2) is 37.4 Å². The number of piperidine rings is 1. The van der Waals surface area contributed by atoms with Crippen molar-refractivity contribution in [2.45, 2.75) is 65.8 Å². The molecule has 1 unspecified atom stereocenters. The summed E-state index contributed by atoms with van der Waals surface area (Å²) in [7, 11) is 1.50. The van der Waals surface area contributed by atoms with Crippen LogP contribution in [0.15, 0.2) is 0 Å². The van der Waals surface area contributed by atoms with Crippen LogP contribution in [0.2, 0.25) is 0 Å². The molecular weight excluding hydrogens is 224 g/mol. The van der Waals surface area contributed by atoms with Gasteiger partial charge in [0.15, 0.2) is 0 Å². The zero-order chi connectivity index (χ0) is 14.4. The third-order valence-electron chi connectivity index (χ3n) is 3.38. The van der Waals surface area contributed by atoms with Crippen molar-refractivity contribution < 1.29 is 4.79 Å². The molecule has 1 aliphatic rings. The van der Waals surface area contributed by atoms with E-state index in [0.29, 0.717) is 5.92 Å². The van der Waals surface area contributed by atoms with Gasteiger partial charge in [-0.2, -0.15) is 0 Å². The molecule has 1 fully saturated rings. The molecule has 110 valence electrons. The maximum atomic E-state index is 10.6. The van der Waals surface area contributed by atoms with E-state index in [0.717, 1.165) is 38.3 Å². The molecule has 1 aliphatic heterocycles. The van der Waals surface area contributed by atoms with Gasteiger partial charge in [-0.15, -0.1) is 0 Å². The van der Waals surface area contributed by atoms with Gasteiger partial charge in [0, 0.05) is 12.0 Å². The molecule has 1 saturated heterocycles. The maximum absolute atomic E-state index is 10.6. The molecule has 1 rings (SSSR count). The lowest BCUT2D eigenvalue weighted by atomic mass is 9.96. The fourth-order valence-electron chi connectivity index (χ4n) is 2.40. The average molecular weight is 258 g/mol. The van der Waals surface area contributed by atoms with Gasteiger partial charge in [0.2, 0.25) is 0 Å². The molecule has 0 radical (unpaired) electrons. The first-order valence-corrected chi connectivity index (χ1v) is 7.58. The minimum absolute atomic E-state index is 0.338. The Morgan fingerprint density at radius 1 is 1.22 bits per heavy atom. The Morgan fingerprint density at radius 3 is 2.06 bits per heavy atom. The summed E-state index contributed by atoms with van der Waals surface area (Å²) in [6, 6.07) is 0.757. The summed E-state index contributed by atoms with van der Waals surface area (Å²) in [5, 5.41) is 0. The van der Waals surface area contributed by atoms with E-state index in [1.807, 2.05) is 13.8 Å². The lowest BCUT2D eigenvalue weighted by Crippen LogP contribution is -2.41. The fraction of sp³-hybridized carbons (Fsp3) is 0.933. The van der Waals surface area contributed by atoms with Gasteiger partial charge in [0.05, 0.1) is 0 Å². The SMILES string of the molecule is CC.CCCC(CC)N1CCC(C=O)CC1.CN. The first-order chi connectivity index (χ1) is 8.81. The summed E-state index contributed by atoms with van der Waals surface area (Å²) in [6.07, 6.45) is 7.11. The van der Waals surface area contributed by atoms with E-state index in [1.165, 1.54) is 26.3 Å². The zero-order valence-electron chi connectivity index (χ0n) is 13.1. The highest BCUT2D eigenvalue weighted by molar-refractivity contribution is 5.53. The standard InChI is InChI=1S/C12H23NO.C2H6.CH5N/c1-3-5-12(4-2)13-8-6-11(10-14)7-9-13;2*1-2/h10-12H,3-9H2,1-2H3;1-2H3;2H2,1H3. The minimum Gasteiger partial charge on any atom is -0.333 e. The van der Waals surface area contributed by atoms with Gasteiger partial charge in [-0.05, 0) is 45.8 Å². The van der Waals surface area contributed by atoms with Crippen molar-refractivity contribution in [1.82, 2.24) is 4.90 Å². The van der Waals surface area contributed by atoms with Crippen LogP contribution < -0.4 is 5.73 Å². The van der Waals surface area contributed by atoms with Crippen LogP contribution in [0.4, 0.5) is 0 Å². The highest BCUT2D eigenvalue weighted by atomic mass is 16.1. The Morgan fingerprint density at radius 2 is 1.72 bits per heavy atom. The van der Waals surface area contributed by atoms with E-state index >= 15 is 0 Å².